The maximum Gasteiger partial charge on any atom is 0.359 e. The molecular formula is C29H34N4O3. The van der Waals surface area contributed by atoms with Crippen LogP contribution in [0, 0.1) is 13.8 Å². The Kier molecular flexibility index (Phi) is 7.50. The van der Waals surface area contributed by atoms with Gasteiger partial charge in [-0.05, 0) is 47.5 Å². The SMILES string of the molecule is Cc1ccc(-c2nc(C(=O)NN3CCCCC3)c(C(=O)OC(C)(C)C)nc2-c2ccc(C)cc2)cc1. The number of aryl methyl sites for hydroxylation is 2. The molecule has 0 saturated carbocycles. The lowest BCUT2D eigenvalue weighted by Crippen LogP contribution is -2.46. The summed E-state index contributed by atoms with van der Waals surface area (Å²) in [7, 11) is 0. The molecule has 4 rings (SSSR count). The Labute approximate surface area is 212 Å². The van der Waals surface area contributed by atoms with E-state index in [0.29, 0.717) is 11.4 Å². The molecule has 7 nitrogen and oxygen atoms in total. The molecule has 0 atom stereocenters. The number of hydrogen-bond acceptors (Lipinski definition) is 6. The third-order valence-corrected chi connectivity index (χ3v) is 5.97. The Bertz CT molecular complexity index is 1240. The van der Waals surface area contributed by atoms with Gasteiger partial charge in [-0.1, -0.05) is 66.1 Å². The number of amides is 1. The Morgan fingerprint density at radius 2 is 1.25 bits per heavy atom. The van der Waals surface area contributed by atoms with Gasteiger partial charge < -0.3 is 4.74 Å². The molecule has 1 saturated heterocycles. The van der Waals surface area contributed by atoms with Crippen LogP contribution in [0.2, 0.25) is 0 Å². The summed E-state index contributed by atoms with van der Waals surface area (Å²) in [6.07, 6.45) is 3.15. The van der Waals surface area contributed by atoms with E-state index < -0.39 is 17.5 Å². The van der Waals surface area contributed by atoms with Gasteiger partial charge in [0.2, 0.25) is 0 Å². The predicted octanol–water partition coefficient (Wildman–Crippen LogP) is 5.51. The molecule has 2 heterocycles. The number of rotatable bonds is 5. The first-order chi connectivity index (χ1) is 17.1. The highest BCUT2D eigenvalue weighted by molar-refractivity contribution is 6.04. The number of nitrogens with one attached hydrogen (secondary N) is 1. The number of hydrazine groups is 1. The molecule has 1 aliphatic heterocycles. The molecule has 188 valence electrons. The second-order valence-corrected chi connectivity index (χ2v) is 10.3. The normalized spacial score (nSPS) is 14.4. The summed E-state index contributed by atoms with van der Waals surface area (Å²) in [6, 6.07) is 15.8. The van der Waals surface area contributed by atoms with Crippen molar-refractivity contribution in [3.63, 3.8) is 0 Å². The quantitative estimate of drug-likeness (QED) is 0.479. The second-order valence-electron chi connectivity index (χ2n) is 10.3. The lowest BCUT2D eigenvalue weighted by atomic mass is 10.0. The topological polar surface area (TPSA) is 84.4 Å². The second kappa shape index (κ2) is 10.6. The van der Waals surface area contributed by atoms with E-state index in [0.717, 1.165) is 54.6 Å². The van der Waals surface area contributed by atoms with Crippen molar-refractivity contribution in [3.05, 3.63) is 71.0 Å². The molecule has 0 radical (unpaired) electrons. The zero-order chi connectivity index (χ0) is 25.9. The monoisotopic (exact) mass is 486 g/mol. The fourth-order valence-corrected chi connectivity index (χ4v) is 4.09. The van der Waals surface area contributed by atoms with Crippen LogP contribution in [-0.4, -0.2) is 45.5 Å². The van der Waals surface area contributed by atoms with Gasteiger partial charge in [0, 0.05) is 24.2 Å². The van der Waals surface area contributed by atoms with E-state index in [9.17, 15) is 9.59 Å². The molecule has 0 bridgehead atoms. The minimum atomic E-state index is -0.751. The first-order valence-electron chi connectivity index (χ1n) is 12.5. The molecule has 0 aliphatic carbocycles. The smallest absolute Gasteiger partial charge is 0.359 e. The number of esters is 1. The van der Waals surface area contributed by atoms with Crippen LogP contribution in [0.5, 0.6) is 0 Å². The minimum absolute atomic E-state index is 0.0405. The standard InChI is InChI=1S/C29H34N4O3/c1-19-9-13-21(14-10-19)23-24(22-15-11-20(2)12-16-22)31-26(28(35)36-29(3,4)5)25(30-23)27(34)32-33-17-7-6-8-18-33/h9-16H,6-8,17-18H2,1-5H3,(H,32,34). The molecule has 7 heteroatoms. The van der Waals surface area contributed by atoms with Crippen molar-refractivity contribution in [1.82, 2.24) is 20.4 Å². The Balaban J connectivity index is 1.88. The summed E-state index contributed by atoms with van der Waals surface area (Å²) in [5.41, 5.74) is 6.94. The van der Waals surface area contributed by atoms with Crippen molar-refractivity contribution in [2.24, 2.45) is 0 Å². The first-order valence-corrected chi connectivity index (χ1v) is 12.5. The molecule has 1 N–H and O–H groups in total. The highest BCUT2D eigenvalue weighted by Crippen LogP contribution is 2.31. The highest BCUT2D eigenvalue weighted by atomic mass is 16.6. The van der Waals surface area contributed by atoms with Gasteiger partial charge in [0.05, 0.1) is 11.4 Å². The van der Waals surface area contributed by atoms with Crippen LogP contribution in [0.25, 0.3) is 22.5 Å². The maximum atomic E-state index is 13.5. The number of carbonyl (C=O) groups excluding carboxylic acids is 2. The molecule has 1 aromatic heterocycles. The van der Waals surface area contributed by atoms with Gasteiger partial charge in [0.1, 0.15) is 5.60 Å². The molecule has 0 spiro atoms. The molecule has 2 aromatic carbocycles. The summed E-state index contributed by atoms with van der Waals surface area (Å²) < 4.78 is 5.64. The number of hydrogen-bond donors (Lipinski definition) is 1. The van der Waals surface area contributed by atoms with Gasteiger partial charge in [-0.3, -0.25) is 10.2 Å². The van der Waals surface area contributed by atoms with E-state index in [4.69, 9.17) is 14.7 Å². The number of piperidine rings is 1. The van der Waals surface area contributed by atoms with E-state index in [-0.39, 0.29) is 11.4 Å². The fraction of sp³-hybridized carbons (Fsp3) is 0.379. The fourth-order valence-electron chi connectivity index (χ4n) is 4.09. The molecule has 3 aromatic rings. The van der Waals surface area contributed by atoms with Crippen LogP contribution in [-0.2, 0) is 4.74 Å². The van der Waals surface area contributed by atoms with Crippen LogP contribution in [0.4, 0.5) is 0 Å². The lowest BCUT2D eigenvalue weighted by Gasteiger charge is -2.27. The summed E-state index contributed by atoms with van der Waals surface area (Å²) in [5.74, 6) is -1.14. The van der Waals surface area contributed by atoms with Gasteiger partial charge in [0.25, 0.3) is 5.91 Å². The van der Waals surface area contributed by atoms with E-state index in [1.54, 1.807) is 20.8 Å². The van der Waals surface area contributed by atoms with Gasteiger partial charge in [-0.2, -0.15) is 0 Å². The van der Waals surface area contributed by atoms with Gasteiger partial charge in [-0.15, -0.1) is 0 Å². The zero-order valence-electron chi connectivity index (χ0n) is 21.7. The van der Waals surface area contributed by atoms with E-state index >= 15 is 0 Å². The number of aromatic nitrogens is 2. The van der Waals surface area contributed by atoms with Crippen LogP contribution in [0.3, 0.4) is 0 Å². The Morgan fingerprint density at radius 3 is 1.72 bits per heavy atom. The number of ether oxygens (including phenoxy) is 1. The van der Waals surface area contributed by atoms with E-state index in [1.165, 1.54) is 0 Å². The molecular weight excluding hydrogens is 452 g/mol. The highest BCUT2D eigenvalue weighted by Gasteiger charge is 2.30. The molecule has 1 amide bonds. The summed E-state index contributed by atoms with van der Waals surface area (Å²) >= 11 is 0. The van der Waals surface area contributed by atoms with E-state index in [1.807, 2.05) is 67.4 Å². The van der Waals surface area contributed by atoms with Crippen molar-refractivity contribution < 1.29 is 14.3 Å². The van der Waals surface area contributed by atoms with Crippen molar-refractivity contribution in [1.29, 1.82) is 0 Å². The van der Waals surface area contributed by atoms with Crippen LogP contribution in [0.1, 0.15) is 72.1 Å². The summed E-state index contributed by atoms with van der Waals surface area (Å²) in [5, 5.41) is 1.88. The van der Waals surface area contributed by atoms with Gasteiger partial charge in [0.15, 0.2) is 11.4 Å². The van der Waals surface area contributed by atoms with Crippen LogP contribution < -0.4 is 5.43 Å². The molecule has 0 unspecified atom stereocenters. The van der Waals surface area contributed by atoms with Crippen molar-refractivity contribution in [2.75, 3.05) is 13.1 Å². The van der Waals surface area contributed by atoms with Crippen LogP contribution >= 0.6 is 0 Å². The number of benzene rings is 2. The summed E-state index contributed by atoms with van der Waals surface area (Å²) in [4.78, 5) is 36.3. The third-order valence-electron chi connectivity index (χ3n) is 5.97. The molecule has 36 heavy (non-hydrogen) atoms. The lowest BCUT2D eigenvalue weighted by molar-refractivity contribution is 0.00595. The molecule has 1 aliphatic rings. The Morgan fingerprint density at radius 1 is 0.778 bits per heavy atom. The first kappa shape index (κ1) is 25.5. The average molecular weight is 487 g/mol. The Hall–Kier alpha value is -3.58. The van der Waals surface area contributed by atoms with E-state index in [2.05, 4.69) is 5.43 Å². The predicted molar refractivity (Wildman–Crippen MR) is 140 cm³/mol. The average Bonchev–Trinajstić information content (AvgIpc) is 2.84. The van der Waals surface area contributed by atoms with Gasteiger partial charge >= 0.3 is 5.97 Å². The maximum absolute atomic E-state index is 13.5. The zero-order valence-corrected chi connectivity index (χ0v) is 21.7. The number of nitrogens with zero attached hydrogens (tertiary/aromatic N) is 3. The number of carbonyl (C=O) groups is 2. The van der Waals surface area contributed by atoms with Crippen molar-refractivity contribution >= 4 is 11.9 Å². The van der Waals surface area contributed by atoms with Crippen LogP contribution in [0.15, 0.2) is 48.5 Å². The van der Waals surface area contributed by atoms with Gasteiger partial charge in [-0.25, -0.2) is 19.8 Å². The minimum Gasteiger partial charge on any atom is -0.455 e. The van der Waals surface area contributed by atoms with Crippen molar-refractivity contribution in [2.45, 2.75) is 59.5 Å². The largest absolute Gasteiger partial charge is 0.455 e. The van der Waals surface area contributed by atoms with Crippen molar-refractivity contribution in [3.8, 4) is 22.5 Å². The summed E-state index contributed by atoms with van der Waals surface area (Å²) in [6.45, 7) is 10.9. The third kappa shape index (κ3) is 6.15. The molecule has 1 fully saturated rings.